The maximum atomic E-state index is 9.99. The second-order valence-corrected chi connectivity index (χ2v) is 12.2. The van der Waals surface area contributed by atoms with Gasteiger partial charge in [-0.15, -0.1) is 0 Å². The molecule has 33 heavy (non-hydrogen) atoms. The van der Waals surface area contributed by atoms with E-state index < -0.39 is 11.4 Å². The molecule has 0 bridgehead atoms. The highest BCUT2D eigenvalue weighted by atomic mass is 16.7. The predicted molar refractivity (Wildman–Crippen MR) is 127 cm³/mol. The molecule has 0 aromatic heterocycles. The second-order valence-electron chi connectivity index (χ2n) is 12.2. The molecule has 0 unspecified atom stereocenters. The third-order valence-electron chi connectivity index (χ3n) is 9.35. The van der Waals surface area contributed by atoms with Crippen LogP contribution in [0, 0.1) is 17.8 Å². The zero-order valence-corrected chi connectivity index (χ0v) is 21.3. The van der Waals surface area contributed by atoms with Crippen LogP contribution in [0.2, 0.25) is 0 Å². The van der Waals surface area contributed by atoms with Crippen LogP contribution in [0.3, 0.4) is 0 Å². The molecule has 1 aromatic rings. The van der Waals surface area contributed by atoms with Gasteiger partial charge in [0.25, 0.3) is 0 Å². The van der Waals surface area contributed by atoms with Crippen molar-refractivity contribution in [1.29, 1.82) is 0 Å². The lowest BCUT2D eigenvalue weighted by Crippen LogP contribution is -2.57. The minimum atomic E-state index is -0.697. The van der Waals surface area contributed by atoms with Crippen LogP contribution in [0.25, 0.3) is 0 Å². The molecule has 1 saturated carbocycles. The highest BCUT2D eigenvalue weighted by Crippen LogP contribution is 2.67. The predicted octanol–water partition coefficient (Wildman–Crippen LogP) is 6.20. The fourth-order valence-corrected chi connectivity index (χ4v) is 7.16. The van der Waals surface area contributed by atoms with E-state index in [4.69, 9.17) is 18.9 Å². The summed E-state index contributed by atoms with van der Waals surface area (Å²) in [7, 11) is 1.78. The van der Waals surface area contributed by atoms with Gasteiger partial charge in [0.05, 0.1) is 11.7 Å². The van der Waals surface area contributed by atoms with Crippen LogP contribution >= 0.6 is 0 Å². The molecule has 1 saturated heterocycles. The molecule has 4 aliphatic rings. The lowest BCUT2D eigenvalue weighted by Gasteiger charge is -2.55. The molecule has 0 amide bonds. The number of aromatic hydroxyl groups is 1. The molecule has 3 heterocycles. The van der Waals surface area contributed by atoms with E-state index in [1.807, 2.05) is 13.0 Å². The standard InChI is InChI=1S/C28H40O5/c1-18-13-20(29)14-19-9-12-26(5,32-23(18)19)16-21-15-25(4)10-8-11-27(25,6)28(31-21)17-22(30-7)24(2,3)33-28/h13-15,22,29H,8-12,16-17H2,1-7H3/t22-,25+,26-,27+,28+/m0/s1. The first-order chi connectivity index (χ1) is 15.3. The summed E-state index contributed by atoms with van der Waals surface area (Å²) in [6, 6.07) is 3.61. The highest BCUT2D eigenvalue weighted by molar-refractivity contribution is 5.48. The first kappa shape index (κ1) is 23.0. The third-order valence-corrected chi connectivity index (χ3v) is 9.35. The summed E-state index contributed by atoms with van der Waals surface area (Å²) < 4.78 is 26.3. The molecule has 5 nitrogen and oxygen atoms in total. The number of phenols is 1. The lowest BCUT2D eigenvalue weighted by molar-refractivity contribution is -0.311. The maximum absolute atomic E-state index is 9.99. The van der Waals surface area contributed by atoms with E-state index in [0.29, 0.717) is 12.2 Å². The van der Waals surface area contributed by atoms with Gasteiger partial charge in [0.15, 0.2) is 0 Å². The Labute approximate surface area is 198 Å². The van der Waals surface area contributed by atoms with Crippen molar-refractivity contribution in [2.45, 2.75) is 110 Å². The molecule has 1 aliphatic carbocycles. The zero-order valence-electron chi connectivity index (χ0n) is 21.3. The van der Waals surface area contributed by atoms with Crippen molar-refractivity contribution in [1.82, 2.24) is 0 Å². The molecule has 5 rings (SSSR count). The number of aryl methyl sites for hydroxylation is 2. The van der Waals surface area contributed by atoms with E-state index in [0.717, 1.165) is 54.7 Å². The van der Waals surface area contributed by atoms with Crippen LogP contribution in [0.15, 0.2) is 24.0 Å². The Morgan fingerprint density at radius 2 is 1.82 bits per heavy atom. The minimum absolute atomic E-state index is 0.00390. The number of hydrogen-bond donors (Lipinski definition) is 1. The van der Waals surface area contributed by atoms with Gasteiger partial charge in [-0.1, -0.05) is 20.3 Å². The largest absolute Gasteiger partial charge is 0.508 e. The molecule has 5 atom stereocenters. The molecule has 5 heteroatoms. The van der Waals surface area contributed by atoms with Crippen molar-refractivity contribution >= 4 is 0 Å². The molecule has 3 aliphatic heterocycles. The van der Waals surface area contributed by atoms with Gasteiger partial charge in [-0.05, 0) is 82.7 Å². The summed E-state index contributed by atoms with van der Waals surface area (Å²) in [5, 5.41) is 9.99. The molecule has 1 N–H and O–H groups in total. The summed E-state index contributed by atoms with van der Waals surface area (Å²) in [5.74, 6) is 1.49. The number of ether oxygens (including phenoxy) is 4. The number of fused-ring (bicyclic) bond motifs is 3. The van der Waals surface area contributed by atoms with Gasteiger partial charge in [-0.2, -0.15) is 0 Å². The van der Waals surface area contributed by atoms with E-state index in [9.17, 15) is 5.11 Å². The SMILES string of the molecule is CO[C@H]1C[C@@]2(OC(C[C@]3(C)CCc4cc(O)cc(C)c4O3)=C[C@@]3(C)CCC[C@@]23C)OC1(C)C. The first-order valence-electron chi connectivity index (χ1n) is 12.5. The fraction of sp³-hybridized carbons (Fsp3) is 0.714. The van der Waals surface area contributed by atoms with Crippen LogP contribution in [0.4, 0.5) is 0 Å². The Hall–Kier alpha value is -1.72. The second kappa shape index (κ2) is 7.14. The van der Waals surface area contributed by atoms with Crippen LogP contribution < -0.4 is 4.74 Å². The number of rotatable bonds is 3. The van der Waals surface area contributed by atoms with Gasteiger partial charge in [0, 0.05) is 30.8 Å². The van der Waals surface area contributed by atoms with E-state index in [2.05, 4.69) is 40.7 Å². The Morgan fingerprint density at radius 3 is 2.52 bits per heavy atom. The minimum Gasteiger partial charge on any atom is -0.508 e. The summed E-state index contributed by atoms with van der Waals surface area (Å²) in [6.07, 6.45) is 8.95. The molecule has 182 valence electrons. The normalized spacial score (nSPS) is 41.2. The molecular formula is C28H40O5. The smallest absolute Gasteiger partial charge is 0.219 e. The van der Waals surface area contributed by atoms with Crippen molar-refractivity contribution in [2.75, 3.05) is 7.11 Å². The molecular weight excluding hydrogens is 416 g/mol. The van der Waals surface area contributed by atoms with Crippen molar-refractivity contribution < 1.29 is 24.1 Å². The van der Waals surface area contributed by atoms with Crippen LogP contribution in [0.1, 0.15) is 84.3 Å². The van der Waals surface area contributed by atoms with Gasteiger partial charge >= 0.3 is 0 Å². The summed E-state index contributed by atoms with van der Waals surface area (Å²) in [5.41, 5.74) is 1.17. The van der Waals surface area contributed by atoms with Gasteiger partial charge < -0.3 is 24.1 Å². The Balaban J connectivity index is 1.48. The first-order valence-corrected chi connectivity index (χ1v) is 12.5. The van der Waals surface area contributed by atoms with E-state index >= 15 is 0 Å². The monoisotopic (exact) mass is 456 g/mol. The highest BCUT2D eigenvalue weighted by Gasteiger charge is 2.70. The van der Waals surface area contributed by atoms with E-state index in [-0.39, 0.29) is 22.5 Å². The molecule has 1 spiro atoms. The van der Waals surface area contributed by atoms with E-state index in [1.165, 1.54) is 6.42 Å². The van der Waals surface area contributed by atoms with Gasteiger partial charge in [0.2, 0.25) is 5.79 Å². The molecule has 0 radical (unpaired) electrons. The number of hydrogen-bond acceptors (Lipinski definition) is 5. The number of methoxy groups -OCH3 is 1. The zero-order chi connectivity index (χ0) is 23.9. The summed E-state index contributed by atoms with van der Waals surface area (Å²) in [4.78, 5) is 0. The Bertz CT molecular complexity index is 998. The fourth-order valence-electron chi connectivity index (χ4n) is 7.16. The average Bonchev–Trinajstić information content (AvgIpc) is 3.16. The number of phenolic OH excluding ortho intramolecular Hbond substituents is 1. The molecule has 2 fully saturated rings. The van der Waals surface area contributed by atoms with Crippen molar-refractivity contribution in [3.8, 4) is 11.5 Å². The summed E-state index contributed by atoms with van der Waals surface area (Å²) >= 11 is 0. The van der Waals surface area contributed by atoms with Crippen molar-refractivity contribution in [3.05, 3.63) is 35.1 Å². The average molecular weight is 457 g/mol. The van der Waals surface area contributed by atoms with Crippen LogP contribution in [-0.4, -0.2) is 35.3 Å². The Morgan fingerprint density at radius 1 is 1.06 bits per heavy atom. The van der Waals surface area contributed by atoms with Gasteiger partial charge in [-0.3, -0.25) is 0 Å². The quantitative estimate of drug-likeness (QED) is 0.587. The summed E-state index contributed by atoms with van der Waals surface area (Å²) in [6.45, 7) is 13.2. The topological polar surface area (TPSA) is 57.2 Å². The van der Waals surface area contributed by atoms with Gasteiger partial charge in [-0.25, -0.2) is 0 Å². The van der Waals surface area contributed by atoms with Crippen molar-refractivity contribution in [3.63, 3.8) is 0 Å². The third kappa shape index (κ3) is 3.33. The van der Waals surface area contributed by atoms with Gasteiger partial charge in [0.1, 0.15) is 22.9 Å². The number of allylic oxidation sites excluding steroid dienone is 1. The van der Waals surface area contributed by atoms with Crippen molar-refractivity contribution in [2.24, 2.45) is 10.8 Å². The molecule has 1 aromatic carbocycles. The van der Waals surface area contributed by atoms with Crippen LogP contribution in [-0.2, 0) is 20.6 Å². The number of benzene rings is 1. The lowest BCUT2D eigenvalue weighted by atomic mass is 9.60. The van der Waals surface area contributed by atoms with Crippen LogP contribution in [0.5, 0.6) is 11.5 Å². The van der Waals surface area contributed by atoms with E-state index in [1.54, 1.807) is 13.2 Å². The maximum Gasteiger partial charge on any atom is 0.219 e. The Kier molecular flexibility index (Phi) is 4.99.